The maximum atomic E-state index is 11.7. The van der Waals surface area contributed by atoms with E-state index in [1.807, 2.05) is 60.7 Å². The molecule has 0 heterocycles. The summed E-state index contributed by atoms with van der Waals surface area (Å²) in [6, 6.07) is 22.4. The Hall–Kier alpha value is -3.10. The standard InChI is InChI=1S/2C13H14N2O.2CNS.2Cu/c2*14-7-8-15-9-12-11-4-2-1-3-10(11)5-6-13(12)16;2*2-1-3;;/h2*1-6,9,16H,7-8,14H2;;;;/q;;2*-1;2*+2/p-2. The van der Waals surface area contributed by atoms with Gasteiger partial charge >= 0.3 is 34.1 Å². The average molecular weight is 670 g/mol. The number of rotatable bonds is 6. The second kappa shape index (κ2) is 23.8. The number of aliphatic imine (C=N–C) groups is 2. The van der Waals surface area contributed by atoms with Gasteiger partial charge in [-0.2, -0.15) is 10.3 Å². The van der Waals surface area contributed by atoms with E-state index in [0.717, 1.165) is 21.5 Å². The maximum absolute atomic E-state index is 11.7. The molecule has 0 aliphatic carbocycles. The summed E-state index contributed by atoms with van der Waals surface area (Å²) in [6.07, 6.45) is 3.25. The van der Waals surface area contributed by atoms with Crippen LogP contribution in [0.4, 0.5) is 0 Å². The molecule has 0 bridgehead atoms. The molecule has 0 spiro atoms. The van der Waals surface area contributed by atoms with Gasteiger partial charge in [-0.3, -0.25) is 9.98 Å². The van der Waals surface area contributed by atoms with Crippen molar-refractivity contribution in [2.24, 2.45) is 21.5 Å². The van der Waals surface area contributed by atoms with E-state index in [9.17, 15) is 10.2 Å². The first-order valence-corrected chi connectivity index (χ1v) is 12.1. The molecule has 0 aromatic heterocycles. The van der Waals surface area contributed by atoms with E-state index in [-0.39, 0.29) is 45.6 Å². The normalized spacial score (nSPS) is 9.45. The van der Waals surface area contributed by atoms with E-state index in [1.165, 1.54) is 10.3 Å². The fourth-order valence-electron chi connectivity index (χ4n) is 3.28. The minimum atomic E-state index is -0.000489. The summed E-state index contributed by atoms with van der Waals surface area (Å²) in [7, 11) is 0. The van der Waals surface area contributed by atoms with E-state index in [1.54, 1.807) is 24.6 Å². The first-order chi connectivity index (χ1) is 18.5. The SMILES string of the molecule is NCCN=Cc1c([O-])ccc2ccccc12.NCCN=Cc1c([O-])ccc2ccccc12.[Cu+2].[Cu+2].[N-]=C=S.[N-]=C=S. The van der Waals surface area contributed by atoms with Crippen LogP contribution in [-0.4, -0.2) is 48.9 Å². The molecule has 2 radical (unpaired) electrons. The summed E-state index contributed by atoms with van der Waals surface area (Å²) in [5.41, 5.74) is 12.0. The van der Waals surface area contributed by atoms with E-state index in [2.05, 4.69) is 34.4 Å². The predicted octanol–water partition coefficient (Wildman–Crippen LogP) is 3.89. The van der Waals surface area contributed by atoms with Crippen LogP contribution in [0.25, 0.3) is 32.4 Å². The average Bonchev–Trinajstić information content (AvgIpc) is 2.93. The second-order valence-corrected chi connectivity index (χ2v) is 7.59. The third-order valence-electron chi connectivity index (χ3n) is 4.82. The molecule has 0 unspecified atom stereocenters. The first kappa shape index (κ1) is 39.0. The third kappa shape index (κ3) is 13.3. The van der Waals surface area contributed by atoms with Crippen molar-refractivity contribution in [2.45, 2.75) is 0 Å². The van der Waals surface area contributed by atoms with E-state index in [0.29, 0.717) is 37.3 Å². The first-order valence-electron chi connectivity index (χ1n) is 11.3. The van der Waals surface area contributed by atoms with Gasteiger partial charge in [0, 0.05) is 25.5 Å². The molecule has 8 nitrogen and oxygen atoms in total. The largest absolute Gasteiger partial charge is 2.00 e. The smallest absolute Gasteiger partial charge is 0.872 e. The van der Waals surface area contributed by atoms with Gasteiger partial charge in [-0.25, -0.2) is 0 Å². The maximum Gasteiger partial charge on any atom is 2.00 e. The summed E-state index contributed by atoms with van der Waals surface area (Å²) in [6.45, 7) is 2.08. The summed E-state index contributed by atoms with van der Waals surface area (Å²) in [5.74, 6) is -0.000979. The number of fused-ring (bicyclic) bond motifs is 2. The summed E-state index contributed by atoms with van der Waals surface area (Å²) >= 11 is 7.40. The van der Waals surface area contributed by atoms with Gasteiger partial charge in [0.15, 0.2) is 0 Å². The zero-order valence-electron chi connectivity index (χ0n) is 21.1. The fourth-order valence-corrected chi connectivity index (χ4v) is 3.28. The Morgan fingerprint density at radius 2 is 0.975 bits per heavy atom. The van der Waals surface area contributed by atoms with Gasteiger partial charge in [0.1, 0.15) is 0 Å². The number of hydrogen-bond donors (Lipinski definition) is 2. The van der Waals surface area contributed by atoms with E-state index < -0.39 is 0 Å². The van der Waals surface area contributed by atoms with Gasteiger partial charge in [-0.1, -0.05) is 109 Å². The van der Waals surface area contributed by atoms with Crippen molar-refractivity contribution in [3.05, 3.63) is 94.7 Å². The van der Waals surface area contributed by atoms with Crippen LogP contribution in [0.3, 0.4) is 0 Å². The van der Waals surface area contributed by atoms with Crippen molar-refractivity contribution in [1.29, 1.82) is 0 Å². The molecular formula is C28H26Cu2N6O2S2. The van der Waals surface area contributed by atoms with Crippen LogP contribution in [0.15, 0.2) is 82.8 Å². The molecule has 0 fully saturated rings. The molecule has 40 heavy (non-hydrogen) atoms. The van der Waals surface area contributed by atoms with Gasteiger partial charge < -0.3 is 32.5 Å². The van der Waals surface area contributed by atoms with Gasteiger partial charge in [-0.15, -0.1) is 0 Å². The molecule has 0 saturated heterocycles. The quantitative estimate of drug-likeness (QED) is 0.179. The molecular weight excluding hydrogens is 644 g/mol. The van der Waals surface area contributed by atoms with Gasteiger partial charge in [0.25, 0.3) is 0 Å². The van der Waals surface area contributed by atoms with E-state index >= 15 is 0 Å². The Labute approximate surface area is 265 Å². The van der Waals surface area contributed by atoms with Crippen LogP contribution in [0.5, 0.6) is 11.5 Å². The number of isothiocyanates is 2. The molecule has 0 saturated carbocycles. The Kier molecular flexibility index (Phi) is 23.2. The Morgan fingerprint density at radius 1 is 0.650 bits per heavy atom. The number of hydrogen-bond acceptors (Lipinski definition) is 8. The number of thiocarbonyl (C=S) groups is 2. The molecule has 0 aliphatic rings. The Balaban J connectivity index is 0. The van der Waals surface area contributed by atoms with Crippen LogP contribution in [0.1, 0.15) is 11.1 Å². The summed E-state index contributed by atoms with van der Waals surface area (Å²) in [5, 5.41) is 44.3. The molecule has 4 aromatic carbocycles. The number of nitrogens with two attached hydrogens (primary N) is 2. The van der Waals surface area contributed by atoms with Gasteiger partial charge in [-0.05, 0) is 32.7 Å². The third-order valence-corrected chi connectivity index (χ3v) is 4.82. The number of nitrogens with zero attached hydrogens (tertiary/aromatic N) is 4. The van der Waals surface area contributed by atoms with Crippen molar-refractivity contribution < 1.29 is 44.4 Å². The zero-order chi connectivity index (χ0) is 28.2. The van der Waals surface area contributed by atoms with Crippen LogP contribution in [0, 0.1) is 0 Å². The van der Waals surface area contributed by atoms with Gasteiger partial charge in [0.05, 0.1) is 13.1 Å². The number of benzene rings is 4. The van der Waals surface area contributed by atoms with Crippen molar-refractivity contribution in [3.63, 3.8) is 0 Å². The van der Waals surface area contributed by atoms with Crippen LogP contribution >= 0.6 is 24.4 Å². The molecule has 0 atom stereocenters. The summed E-state index contributed by atoms with van der Waals surface area (Å²) < 4.78 is 0. The predicted molar refractivity (Wildman–Crippen MR) is 162 cm³/mol. The van der Waals surface area contributed by atoms with Crippen LogP contribution in [0.2, 0.25) is 0 Å². The van der Waals surface area contributed by atoms with Crippen LogP contribution < -0.4 is 21.7 Å². The molecule has 214 valence electrons. The minimum Gasteiger partial charge on any atom is -0.872 e. The Morgan fingerprint density at radius 3 is 1.30 bits per heavy atom. The van der Waals surface area contributed by atoms with Crippen LogP contribution in [-0.2, 0) is 34.1 Å². The molecule has 4 rings (SSSR count). The summed E-state index contributed by atoms with van der Waals surface area (Å²) in [4.78, 5) is 8.24. The van der Waals surface area contributed by atoms with Gasteiger partial charge in [0.2, 0.25) is 0 Å². The van der Waals surface area contributed by atoms with Crippen molar-refractivity contribution >= 4 is 68.7 Å². The molecule has 4 aromatic rings. The molecule has 0 amide bonds. The zero-order valence-corrected chi connectivity index (χ0v) is 24.6. The van der Waals surface area contributed by atoms with Crippen molar-refractivity contribution in [2.75, 3.05) is 26.2 Å². The van der Waals surface area contributed by atoms with Crippen molar-refractivity contribution in [3.8, 4) is 11.5 Å². The topological polar surface area (TPSA) is 167 Å². The Bertz CT molecular complexity index is 1330. The second-order valence-electron chi connectivity index (χ2n) is 7.23. The molecule has 0 aliphatic heterocycles. The molecule has 4 N–H and O–H groups in total. The fraction of sp³-hybridized carbons (Fsp3) is 0.143. The van der Waals surface area contributed by atoms with E-state index in [4.69, 9.17) is 22.3 Å². The minimum absolute atomic E-state index is 0. The monoisotopic (exact) mass is 668 g/mol. The molecule has 12 heteroatoms. The van der Waals surface area contributed by atoms with Crippen molar-refractivity contribution in [1.82, 2.24) is 0 Å².